The highest BCUT2D eigenvalue weighted by molar-refractivity contribution is 6.18. The maximum absolute atomic E-state index is 5.55. The Kier molecular flexibility index (Phi) is 3.68. The van der Waals surface area contributed by atoms with E-state index in [2.05, 4.69) is 29.6 Å². The van der Waals surface area contributed by atoms with Gasteiger partial charge < -0.3 is 5.32 Å². The van der Waals surface area contributed by atoms with E-state index < -0.39 is 0 Å². The summed E-state index contributed by atoms with van der Waals surface area (Å²) in [6.07, 6.45) is 7.82. The molecule has 0 heterocycles. The van der Waals surface area contributed by atoms with E-state index in [1.165, 1.54) is 36.1 Å². The summed E-state index contributed by atoms with van der Waals surface area (Å²) in [4.78, 5) is 0. The van der Waals surface area contributed by atoms with Crippen molar-refractivity contribution in [1.82, 2.24) is 0 Å². The van der Waals surface area contributed by atoms with Gasteiger partial charge in [-0.2, -0.15) is 0 Å². The molecule has 0 fully saturated rings. The largest absolute Gasteiger partial charge is 0.382 e. The molecular weight excluding hydrogens is 206 g/mol. The first-order valence-corrected chi connectivity index (χ1v) is 6.00. The third-order valence-electron chi connectivity index (χ3n) is 2.78. The van der Waals surface area contributed by atoms with Crippen LogP contribution < -0.4 is 5.32 Å². The van der Waals surface area contributed by atoms with E-state index in [0.717, 1.165) is 6.54 Å². The highest BCUT2D eigenvalue weighted by atomic mass is 35.5. The molecule has 0 bridgehead atoms. The van der Waals surface area contributed by atoms with Gasteiger partial charge in [0, 0.05) is 18.1 Å². The molecule has 0 saturated carbocycles. The average Bonchev–Trinajstić information content (AvgIpc) is 2.71. The van der Waals surface area contributed by atoms with Crippen molar-refractivity contribution < 1.29 is 0 Å². The Balaban J connectivity index is 1.95. The van der Waals surface area contributed by atoms with Crippen LogP contribution >= 0.6 is 11.6 Å². The summed E-state index contributed by atoms with van der Waals surface area (Å²) >= 11 is 5.55. The van der Waals surface area contributed by atoms with Gasteiger partial charge in [0.1, 0.15) is 0 Å². The third kappa shape index (κ3) is 2.75. The predicted octanol–water partition coefficient (Wildman–Crippen LogP) is 3.38. The molecular formula is C13H16ClN. The average molecular weight is 222 g/mol. The van der Waals surface area contributed by atoms with Crippen LogP contribution in [0.4, 0.5) is 5.69 Å². The molecule has 0 aliphatic heterocycles. The molecule has 1 nitrogen and oxygen atoms in total. The molecule has 1 aliphatic carbocycles. The van der Waals surface area contributed by atoms with Crippen LogP contribution in [0.15, 0.2) is 30.4 Å². The molecule has 0 amide bonds. The Morgan fingerprint density at radius 2 is 2.07 bits per heavy atom. The normalized spacial score (nSPS) is 14.5. The zero-order valence-electron chi connectivity index (χ0n) is 8.80. The minimum Gasteiger partial charge on any atom is -0.382 e. The summed E-state index contributed by atoms with van der Waals surface area (Å²) in [5, 5.41) is 3.36. The summed E-state index contributed by atoms with van der Waals surface area (Å²) in [6, 6.07) is 6.69. The Morgan fingerprint density at radius 3 is 2.93 bits per heavy atom. The van der Waals surface area contributed by atoms with Gasteiger partial charge in [-0.3, -0.25) is 0 Å². The SMILES string of the molecule is ClC/C=C/CNc1ccc2c(c1)CCC2. The van der Waals surface area contributed by atoms with Crippen LogP contribution in [0.25, 0.3) is 0 Å². The lowest BCUT2D eigenvalue weighted by Gasteiger charge is -2.06. The summed E-state index contributed by atoms with van der Waals surface area (Å²) in [6.45, 7) is 0.853. The molecule has 0 unspecified atom stereocenters. The van der Waals surface area contributed by atoms with E-state index in [0.29, 0.717) is 5.88 Å². The molecule has 1 aliphatic rings. The summed E-state index contributed by atoms with van der Waals surface area (Å²) in [7, 11) is 0. The van der Waals surface area contributed by atoms with Crippen molar-refractivity contribution in [2.75, 3.05) is 17.7 Å². The molecule has 80 valence electrons. The number of hydrogen-bond acceptors (Lipinski definition) is 1. The topological polar surface area (TPSA) is 12.0 Å². The first kappa shape index (κ1) is 10.6. The van der Waals surface area contributed by atoms with E-state index in [-0.39, 0.29) is 0 Å². The van der Waals surface area contributed by atoms with Gasteiger partial charge >= 0.3 is 0 Å². The van der Waals surface area contributed by atoms with Gasteiger partial charge in [0.05, 0.1) is 0 Å². The van der Waals surface area contributed by atoms with Crippen LogP contribution in [0.1, 0.15) is 17.5 Å². The Hall–Kier alpha value is -0.950. The monoisotopic (exact) mass is 221 g/mol. The van der Waals surface area contributed by atoms with Gasteiger partial charge in [-0.05, 0) is 42.5 Å². The van der Waals surface area contributed by atoms with Crippen LogP contribution in [-0.4, -0.2) is 12.4 Å². The molecule has 15 heavy (non-hydrogen) atoms. The Bertz CT molecular complexity index is 358. The minimum absolute atomic E-state index is 0.589. The van der Waals surface area contributed by atoms with Crippen molar-refractivity contribution in [1.29, 1.82) is 0 Å². The Morgan fingerprint density at radius 1 is 1.20 bits per heavy atom. The summed E-state index contributed by atoms with van der Waals surface area (Å²) < 4.78 is 0. The van der Waals surface area contributed by atoms with E-state index in [1.54, 1.807) is 0 Å². The van der Waals surface area contributed by atoms with Crippen molar-refractivity contribution in [3.8, 4) is 0 Å². The van der Waals surface area contributed by atoms with Gasteiger partial charge in [0.25, 0.3) is 0 Å². The number of halogens is 1. The van der Waals surface area contributed by atoms with Crippen LogP contribution in [0, 0.1) is 0 Å². The third-order valence-corrected chi connectivity index (χ3v) is 2.96. The number of nitrogens with one attached hydrogen (secondary N) is 1. The van der Waals surface area contributed by atoms with Crippen LogP contribution in [0.5, 0.6) is 0 Å². The number of alkyl halides is 1. The lowest BCUT2D eigenvalue weighted by atomic mass is 10.1. The lowest BCUT2D eigenvalue weighted by molar-refractivity contribution is 0.912. The fourth-order valence-corrected chi connectivity index (χ4v) is 2.13. The fraction of sp³-hybridized carbons (Fsp3) is 0.385. The zero-order valence-corrected chi connectivity index (χ0v) is 9.56. The number of fused-ring (bicyclic) bond motifs is 1. The van der Waals surface area contributed by atoms with Crippen molar-refractivity contribution in [3.63, 3.8) is 0 Å². The summed E-state index contributed by atoms with van der Waals surface area (Å²) in [5.41, 5.74) is 4.26. The van der Waals surface area contributed by atoms with Gasteiger partial charge in [0.2, 0.25) is 0 Å². The van der Waals surface area contributed by atoms with Crippen LogP contribution in [-0.2, 0) is 12.8 Å². The Labute approximate surface area is 96.1 Å². The number of aryl methyl sites for hydroxylation is 2. The smallest absolute Gasteiger partial charge is 0.0404 e. The molecule has 1 aromatic rings. The molecule has 1 N–H and O–H groups in total. The lowest BCUT2D eigenvalue weighted by Crippen LogP contribution is -1.98. The van der Waals surface area contributed by atoms with Crippen molar-refractivity contribution in [3.05, 3.63) is 41.5 Å². The van der Waals surface area contributed by atoms with Gasteiger partial charge in [-0.15, -0.1) is 11.6 Å². The number of anilines is 1. The van der Waals surface area contributed by atoms with E-state index in [1.807, 2.05) is 6.08 Å². The second-order valence-electron chi connectivity index (χ2n) is 3.84. The number of rotatable bonds is 4. The van der Waals surface area contributed by atoms with Crippen LogP contribution in [0.2, 0.25) is 0 Å². The van der Waals surface area contributed by atoms with Crippen molar-refractivity contribution in [2.45, 2.75) is 19.3 Å². The minimum atomic E-state index is 0.589. The van der Waals surface area contributed by atoms with E-state index >= 15 is 0 Å². The molecule has 0 aromatic heterocycles. The first-order valence-electron chi connectivity index (χ1n) is 5.47. The highest BCUT2D eigenvalue weighted by Crippen LogP contribution is 2.24. The van der Waals surface area contributed by atoms with Crippen molar-refractivity contribution in [2.24, 2.45) is 0 Å². The number of hydrogen-bond donors (Lipinski definition) is 1. The van der Waals surface area contributed by atoms with Gasteiger partial charge in [-0.25, -0.2) is 0 Å². The molecule has 0 spiro atoms. The maximum atomic E-state index is 5.55. The van der Waals surface area contributed by atoms with Gasteiger partial charge in [-0.1, -0.05) is 18.2 Å². The number of allylic oxidation sites excluding steroid dienone is 1. The maximum Gasteiger partial charge on any atom is 0.0404 e. The molecule has 0 saturated heterocycles. The molecule has 2 heteroatoms. The second kappa shape index (κ2) is 5.22. The van der Waals surface area contributed by atoms with Crippen LogP contribution in [0.3, 0.4) is 0 Å². The molecule has 2 rings (SSSR count). The van der Waals surface area contributed by atoms with Crippen molar-refractivity contribution >= 4 is 17.3 Å². The van der Waals surface area contributed by atoms with E-state index in [4.69, 9.17) is 11.6 Å². The standard InChI is InChI=1S/C13H16ClN/c14-8-1-2-9-15-13-7-6-11-4-3-5-12(11)10-13/h1-2,6-7,10,15H,3-5,8-9H2/b2-1+. The number of benzene rings is 1. The zero-order chi connectivity index (χ0) is 10.5. The summed E-state index contributed by atoms with van der Waals surface area (Å²) in [5.74, 6) is 0.589. The quantitative estimate of drug-likeness (QED) is 0.607. The molecule has 1 aromatic carbocycles. The second-order valence-corrected chi connectivity index (χ2v) is 4.15. The van der Waals surface area contributed by atoms with Gasteiger partial charge in [0.15, 0.2) is 0 Å². The predicted molar refractivity (Wildman–Crippen MR) is 66.8 cm³/mol. The first-order chi connectivity index (χ1) is 7.40. The fourth-order valence-electron chi connectivity index (χ4n) is 2.00. The molecule has 0 atom stereocenters. The molecule has 0 radical (unpaired) electrons. The highest BCUT2D eigenvalue weighted by Gasteiger charge is 2.09. The van der Waals surface area contributed by atoms with E-state index in [9.17, 15) is 0 Å².